The van der Waals surface area contributed by atoms with Crippen molar-refractivity contribution < 1.29 is 76.2 Å². The molecular weight excluding hydrogens is 1000 g/mol. The molecule has 1 spiro atoms. The van der Waals surface area contributed by atoms with Crippen LogP contribution in [0.4, 0.5) is 0 Å². The fraction of sp³-hybridized carbons (Fsp3) is 0.525. The minimum atomic E-state index is -1.78. The molecule has 4 aliphatic heterocycles. The van der Waals surface area contributed by atoms with Gasteiger partial charge < -0.3 is 47.9 Å². The molecule has 7 aliphatic rings. The number of amides is 1. The Morgan fingerprint density at radius 2 is 1.51 bits per heavy atom. The van der Waals surface area contributed by atoms with Gasteiger partial charge in [-0.1, -0.05) is 49.3 Å². The topological polar surface area (TPSA) is 215 Å². The van der Waals surface area contributed by atoms with E-state index in [0.29, 0.717) is 42.6 Å². The number of esters is 4. The minimum Gasteiger partial charge on any atom is -0.482 e. The van der Waals surface area contributed by atoms with Crippen LogP contribution in [-0.2, 0) is 54.1 Å². The van der Waals surface area contributed by atoms with Crippen molar-refractivity contribution in [3.05, 3.63) is 99.2 Å². The molecule has 1 saturated carbocycles. The molecule has 2 aromatic carbocycles. The van der Waals surface area contributed by atoms with Crippen molar-refractivity contribution >= 4 is 47.4 Å². The Morgan fingerprint density at radius 1 is 0.833 bits per heavy atom. The van der Waals surface area contributed by atoms with Gasteiger partial charge in [-0.25, -0.2) is 4.79 Å². The number of allylic oxidation sites excluding steroid dienone is 5. The molecule has 10 atom stereocenters. The van der Waals surface area contributed by atoms with E-state index in [9.17, 15) is 24.0 Å². The van der Waals surface area contributed by atoms with Gasteiger partial charge in [0.2, 0.25) is 18.3 Å². The zero-order valence-corrected chi connectivity index (χ0v) is 47.0. The van der Waals surface area contributed by atoms with Gasteiger partial charge in [-0.15, -0.1) is 0 Å². The van der Waals surface area contributed by atoms with Crippen LogP contribution in [0.15, 0.2) is 76.9 Å². The molecule has 1 N–H and O–H groups in total. The average Bonchev–Trinajstić information content (AvgIpc) is 3.08. The maximum atomic E-state index is 16.0. The lowest BCUT2D eigenvalue weighted by Gasteiger charge is -2.56. The zero-order valence-electron chi connectivity index (χ0n) is 47.0. The van der Waals surface area contributed by atoms with E-state index in [1.807, 2.05) is 80.5 Å². The van der Waals surface area contributed by atoms with Crippen molar-refractivity contribution in [3.8, 4) is 23.0 Å². The fourth-order valence-electron chi connectivity index (χ4n) is 12.0. The van der Waals surface area contributed by atoms with E-state index in [-0.39, 0.29) is 77.2 Å². The Labute approximate surface area is 456 Å². The van der Waals surface area contributed by atoms with Gasteiger partial charge in [0.25, 0.3) is 0 Å². The van der Waals surface area contributed by atoms with E-state index in [1.54, 1.807) is 19.1 Å². The first-order valence-corrected chi connectivity index (χ1v) is 26.9. The van der Waals surface area contributed by atoms with Gasteiger partial charge in [-0.2, -0.15) is 0 Å². The van der Waals surface area contributed by atoms with E-state index in [2.05, 4.69) is 11.4 Å². The average molecular weight is 1080 g/mol. The normalized spacial score (nSPS) is 28.8. The van der Waals surface area contributed by atoms with Crippen LogP contribution in [0.3, 0.4) is 0 Å². The van der Waals surface area contributed by atoms with E-state index >= 15 is 9.59 Å². The summed E-state index contributed by atoms with van der Waals surface area (Å²) in [6.07, 6.45) is 9.87. The lowest BCUT2D eigenvalue weighted by Crippen LogP contribution is -2.72. The standard InChI is InChI=1S/C61H73NO16/c1-14-45-35(7)49(71-37(9)64)53(72-38(10)65)57(74-45)73-41-20-18-39(19-21-41)56(69)75-51-43-24-26-59(13,25-15-16-32(2)3)76-50(43)42(22-17-33(4)5)52-47(51)48(66)44-30-40-31-46-58(11,12)78-60(54(40)67,61(44,46)77-52)27-23-34(6)55(68)62-28-29-70-36(8)63/h16-21,23-24,26,30,35,40,45-46,49,53,57H,14-15,22,25,27-29,31H2,1-13H3,(H,62,68)/b34-23-/t35-,40?,45-,46?,49+,53-,57-,59?,60?,61?/m1/s1. The molecule has 3 fully saturated rings. The summed E-state index contributed by atoms with van der Waals surface area (Å²) in [7, 11) is 0. The summed E-state index contributed by atoms with van der Waals surface area (Å²) < 4.78 is 56.9. The Kier molecular flexibility index (Phi) is 16.3. The van der Waals surface area contributed by atoms with Gasteiger partial charge >= 0.3 is 23.9 Å². The van der Waals surface area contributed by atoms with E-state index < -0.39 is 94.4 Å². The molecule has 2 aromatic rings. The molecule has 5 unspecified atom stereocenters. The molecule has 78 heavy (non-hydrogen) atoms. The number of fused-ring (bicyclic) bond motifs is 2. The van der Waals surface area contributed by atoms with Crippen LogP contribution in [-0.4, -0.2) is 102 Å². The van der Waals surface area contributed by atoms with Crippen LogP contribution in [0.5, 0.6) is 23.0 Å². The number of carbonyl (C=O) groups excluding carboxylic acids is 7. The second-order valence-corrected chi connectivity index (χ2v) is 22.5. The Morgan fingerprint density at radius 3 is 2.15 bits per heavy atom. The van der Waals surface area contributed by atoms with Crippen molar-refractivity contribution in [1.82, 2.24) is 5.32 Å². The van der Waals surface area contributed by atoms with E-state index in [1.165, 1.54) is 45.0 Å². The maximum Gasteiger partial charge on any atom is 0.343 e. The summed E-state index contributed by atoms with van der Waals surface area (Å²) in [4.78, 5) is 95.1. The number of nitrogens with one attached hydrogen (secondary N) is 1. The predicted molar refractivity (Wildman–Crippen MR) is 286 cm³/mol. The third-order valence-electron chi connectivity index (χ3n) is 15.7. The molecular formula is C61H73NO16. The van der Waals surface area contributed by atoms with Crippen LogP contribution in [0, 0.1) is 17.8 Å². The third-order valence-corrected chi connectivity index (χ3v) is 15.7. The summed E-state index contributed by atoms with van der Waals surface area (Å²) in [5.41, 5.74) is -1.81. The van der Waals surface area contributed by atoms with Crippen molar-refractivity contribution in [2.24, 2.45) is 17.8 Å². The molecule has 17 nitrogen and oxygen atoms in total. The Bertz CT molecular complexity index is 2950. The molecule has 17 heteroatoms. The van der Waals surface area contributed by atoms with Gasteiger partial charge in [0.15, 0.2) is 28.5 Å². The maximum absolute atomic E-state index is 16.0. The highest BCUT2D eigenvalue weighted by atomic mass is 16.7. The summed E-state index contributed by atoms with van der Waals surface area (Å²) in [6.45, 7) is 22.9. The van der Waals surface area contributed by atoms with Crippen molar-refractivity contribution in [2.75, 3.05) is 13.2 Å². The first kappa shape index (κ1) is 57.3. The second kappa shape index (κ2) is 22.1. The molecule has 0 aromatic heterocycles. The van der Waals surface area contributed by atoms with Crippen molar-refractivity contribution in [2.45, 2.75) is 176 Å². The molecule has 2 saturated heterocycles. The molecule has 4 bridgehead atoms. The van der Waals surface area contributed by atoms with Gasteiger partial charge in [-0.3, -0.25) is 28.8 Å². The lowest BCUT2D eigenvalue weighted by atomic mass is 9.51. The predicted octanol–water partition coefficient (Wildman–Crippen LogP) is 9.36. The monoisotopic (exact) mass is 1080 g/mol. The second-order valence-electron chi connectivity index (χ2n) is 22.5. The highest BCUT2D eigenvalue weighted by molar-refractivity contribution is 6.19. The summed E-state index contributed by atoms with van der Waals surface area (Å²) in [5, 5.41) is 2.74. The van der Waals surface area contributed by atoms with Crippen LogP contribution in [0.1, 0.15) is 154 Å². The van der Waals surface area contributed by atoms with Crippen LogP contribution in [0.25, 0.3) is 6.08 Å². The Hall–Kier alpha value is -6.85. The number of hydrogen-bond acceptors (Lipinski definition) is 16. The molecule has 1 amide bonds. The highest BCUT2D eigenvalue weighted by Crippen LogP contribution is 2.69. The number of ether oxygens (including phenoxy) is 9. The zero-order chi connectivity index (χ0) is 56.8. The van der Waals surface area contributed by atoms with E-state index in [4.69, 9.17) is 42.6 Å². The van der Waals surface area contributed by atoms with Gasteiger partial charge in [0, 0.05) is 61.7 Å². The lowest BCUT2D eigenvalue weighted by molar-refractivity contribution is -0.266. The number of hydrogen-bond donors (Lipinski definition) is 1. The number of benzene rings is 2. The van der Waals surface area contributed by atoms with Gasteiger partial charge in [-0.05, 0) is 124 Å². The largest absolute Gasteiger partial charge is 0.482 e. The third kappa shape index (κ3) is 10.7. The smallest absolute Gasteiger partial charge is 0.343 e. The Balaban J connectivity index is 1.22. The van der Waals surface area contributed by atoms with Crippen LogP contribution < -0.4 is 24.3 Å². The number of Topliss-reactive ketones (excluding diaryl/α,β-unsaturated/α-hetero) is 2. The SMILES string of the molecule is CC[C@H]1O[C@@H](Oc2ccc(C(=O)Oc3c4c(c(CC=C(C)C)c5c3C(=O)C3=CC6CC7C(C)(C)OC(C/C=C(/C)C(=O)NCCOC(C)=O)(C6=O)C37O5)OC(C)(CCC=C(C)C)C=C4)cc2)[C@H](OC(C)=O)[C@@H](OC(C)=O)[C@@H]1C. The quantitative estimate of drug-likeness (QED) is 0.0367. The summed E-state index contributed by atoms with van der Waals surface area (Å²) in [6, 6.07) is 6.02. The molecule has 4 heterocycles. The summed E-state index contributed by atoms with van der Waals surface area (Å²) in [5.74, 6) is -4.73. The van der Waals surface area contributed by atoms with Crippen LogP contribution in [0.2, 0.25) is 0 Å². The van der Waals surface area contributed by atoms with Crippen molar-refractivity contribution in [1.29, 1.82) is 0 Å². The highest BCUT2D eigenvalue weighted by Gasteiger charge is 2.81. The first-order chi connectivity index (χ1) is 36.8. The molecule has 0 radical (unpaired) electrons. The fourth-order valence-corrected chi connectivity index (χ4v) is 12.0. The first-order valence-electron chi connectivity index (χ1n) is 26.9. The molecule has 3 aliphatic carbocycles. The number of carbonyl (C=O) groups is 7. The van der Waals surface area contributed by atoms with Crippen molar-refractivity contribution in [3.63, 3.8) is 0 Å². The summed E-state index contributed by atoms with van der Waals surface area (Å²) >= 11 is 0. The van der Waals surface area contributed by atoms with Gasteiger partial charge in [0.1, 0.15) is 41.1 Å². The number of ketones is 2. The van der Waals surface area contributed by atoms with Crippen LogP contribution >= 0.6 is 0 Å². The molecule has 418 valence electrons. The molecule has 9 rings (SSSR count). The van der Waals surface area contributed by atoms with Gasteiger partial charge in [0.05, 0.1) is 29.4 Å². The van der Waals surface area contributed by atoms with E-state index in [0.717, 1.165) is 11.1 Å². The number of rotatable bonds is 18. The minimum absolute atomic E-state index is 0.0169.